The maximum Gasteiger partial charge on any atom is 0.412 e. The van der Waals surface area contributed by atoms with Crippen LogP contribution in [-0.4, -0.2) is 66.7 Å². The third-order valence-electron chi connectivity index (χ3n) is 5.80. The van der Waals surface area contributed by atoms with Crippen LogP contribution in [0.5, 0.6) is 5.75 Å². The van der Waals surface area contributed by atoms with Gasteiger partial charge in [-0.2, -0.15) is 0 Å². The van der Waals surface area contributed by atoms with Crippen LogP contribution in [0.3, 0.4) is 0 Å². The largest absolute Gasteiger partial charge is 0.497 e. The van der Waals surface area contributed by atoms with Crippen LogP contribution in [0.4, 0.5) is 4.79 Å². The predicted molar refractivity (Wildman–Crippen MR) is 122 cm³/mol. The zero-order chi connectivity index (χ0) is 24.2. The van der Waals surface area contributed by atoms with E-state index >= 15 is 0 Å². The number of amides is 1. The summed E-state index contributed by atoms with van der Waals surface area (Å²) in [6, 6.07) is 7.33. The minimum absolute atomic E-state index is 0.125. The maximum atomic E-state index is 12.9. The van der Waals surface area contributed by atoms with Crippen LogP contribution in [0.2, 0.25) is 0 Å². The summed E-state index contributed by atoms with van der Waals surface area (Å²) in [5.41, 5.74) is -0.422. The van der Waals surface area contributed by atoms with Crippen LogP contribution >= 0.6 is 0 Å². The van der Waals surface area contributed by atoms with Crippen LogP contribution in [0.1, 0.15) is 59.4 Å². The van der Waals surface area contributed by atoms with E-state index in [2.05, 4.69) is 0 Å². The molecule has 8 heteroatoms. The molecule has 8 nitrogen and oxygen atoms in total. The molecule has 2 saturated heterocycles. The van der Waals surface area contributed by atoms with E-state index in [-0.39, 0.29) is 24.3 Å². The molecule has 0 aliphatic carbocycles. The Hall–Kier alpha value is -2.16. The van der Waals surface area contributed by atoms with Gasteiger partial charge >= 0.3 is 6.09 Å². The Bertz CT molecular complexity index is 815. The Morgan fingerprint density at radius 3 is 2.52 bits per heavy atom. The minimum Gasteiger partial charge on any atom is -0.497 e. The van der Waals surface area contributed by atoms with E-state index in [9.17, 15) is 9.59 Å². The molecule has 0 saturated carbocycles. The molecule has 3 atom stereocenters. The Morgan fingerprint density at radius 1 is 1.18 bits per heavy atom. The quantitative estimate of drug-likeness (QED) is 0.563. The van der Waals surface area contributed by atoms with Crippen molar-refractivity contribution in [1.82, 2.24) is 4.90 Å². The van der Waals surface area contributed by atoms with Crippen LogP contribution in [0.25, 0.3) is 0 Å². The highest BCUT2D eigenvalue weighted by Gasteiger charge is 2.50. The van der Waals surface area contributed by atoms with Crippen molar-refractivity contribution in [2.24, 2.45) is 0 Å². The molecule has 33 heavy (non-hydrogen) atoms. The smallest absolute Gasteiger partial charge is 0.412 e. The lowest BCUT2D eigenvalue weighted by Crippen LogP contribution is -2.55. The van der Waals surface area contributed by atoms with E-state index in [1.54, 1.807) is 12.0 Å². The van der Waals surface area contributed by atoms with E-state index in [0.29, 0.717) is 32.7 Å². The van der Waals surface area contributed by atoms with Gasteiger partial charge in [0.25, 0.3) is 0 Å². The molecular weight excluding hydrogens is 426 g/mol. The van der Waals surface area contributed by atoms with Gasteiger partial charge in [-0.1, -0.05) is 12.1 Å². The molecule has 0 radical (unpaired) electrons. The lowest BCUT2D eigenvalue weighted by Gasteiger charge is -2.39. The lowest BCUT2D eigenvalue weighted by molar-refractivity contribution is -0.143. The molecule has 1 amide bonds. The molecule has 184 valence electrons. The molecule has 0 unspecified atom stereocenters. The number of Topliss-reactive ketones (excluding diaryl/α,β-unsaturated/α-hetero) is 1. The number of carbonyl (C=O) groups is 2. The number of ketones is 1. The summed E-state index contributed by atoms with van der Waals surface area (Å²) in [6.07, 6.45) is 0.0553. The number of rotatable bonds is 7. The highest BCUT2D eigenvalue weighted by atomic mass is 16.6. The minimum atomic E-state index is -0.839. The Labute approximate surface area is 196 Å². The highest BCUT2D eigenvalue weighted by Crippen LogP contribution is 2.35. The number of methoxy groups -OCH3 is 1. The van der Waals surface area contributed by atoms with Gasteiger partial charge in [-0.15, -0.1) is 0 Å². The molecule has 2 fully saturated rings. The van der Waals surface area contributed by atoms with Crippen LogP contribution < -0.4 is 4.74 Å². The summed E-state index contributed by atoms with van der Waals surface area (Å²) in [6.45, 7) is 10.4. The lowest BCUT2D eigenvalue weighted by atomic mass is 9.96. The standard InChI is InChI=1S/C25H37NO7/c1-24(2,3)33-23(28)26-21(16-31-25(26,4)5)22-14-18(27)13-20(32-22)11-12-30-15-17-7-9-19(29-6)10-8-17/h7-10,20-22H,11-16H2,1-6H3/t20-,21-,22+/m0/s1. The first-order chi connectivity index (χ1) is 15.5. The molecule has 3 rings (SSSR count). The number of nitrogens with zero attached hydrogens (tertiary/aromatic N) is 1. The summed E-state index contributed by atoms with van der Waals surface area (Å²) >= 11 is 0. The van der Waals surface area contributed by atoms with Gasteiger partial charge in [0.05, 0.1) is 38.6 Å². The van der Waals surface area contributed by atoms with Crippen molar-refractivity contribution >= 4 is 11.9 Å². The Kier molecular flexibility index (Phi) is 8.03. The first-order valence-corrected chi connectivity index (χ1v) is 11.5. The fourth-order valence-electron chi connectivity index (χ4n) is 4.20. The summed E-state index contributed by atoms with van der Waals surface area (Å²) in [7, 11) is 1.63. The summed E-state index contributed by atoms with van der Waals surface area (Å²) in [5, 5.41) is 0. The van der Waals surface area contributed by atoms with Crippen molar-refractivity contribution < 1.29 is 33.3 Å². The van der Waals surface area contributed by atoms with E-state index in [4.69, 9.17) is 23.7 Å². The van der Waals surface area contributed by atoms with Gasteiger partial charge in [0, 0.05) is 19.4 Å². The monoisotopic (exact) mass is 463 g/mol. The van der Waals surface area contributed by atoms with Gasteiger partial charge in [-0.3, -0.25) is 9.69 Å². The third kappa shape index (κ3) is 6.91. The highest BCUT2D eigenvalue weighted by molar-refractivity contribution is 5.80. The van der Waals surface area contributed by atoms with Crippen molar-refractivity contribution in [3.63, 3.8) is 0 Å². The second kappa shape index (κ2) is 10.4. The maximum absolute atomic E-state index is 12.9. The topological polar surface area (TPSA) is 83.5 Å². The van der Waals surface area contributed by atoms with Crippen molar-refractivity contribution in [3.8, 4) is 5.75 Å². The van der Waals surface area contributed by atoms with Crippen molar-refractivity contribution in [3.05, 3.63) is 29.8 Å². The van der Waals surface area contributed by atoms with E-state index < -0.39 is 23.5 Å². The molecule has 0 aromatic heterocycles. The van der Waals surface area contributed by atoms with Crippen LogP contribution in [0.15, 0.2) is 24.3 Å². The summed E-state index contributed by atoms with van der Waals surface area (Å²) in [5.74, 6) is 0.929. The Balaban J connectivity index is 1.56. The van der Waals surface area contributed by atoms with E-state index in [1.165, 1.54) is 0 Å². The van der Waals surface area contributed by atoms with Gasteiger partial charge in [-0.05, 0) is 58.7 Å². The molecule has 2 aliphatic rings. The van der Waals surface area contributed by atoms with Crippen molar-refractivity contribution in [1.29, 1.82) is 0 Å². The molecule has 2 aliphatic heterocycles. The van der Waals surface area contributed by atoms with Crippen molar-refractivity contribution in [2.75, 3.05) is 20.3 Å². The third-order valence-corrected chi connectivity index (χ3v) is 5.80. The number of carbonyl (C=O) groups excluding carboxylic acids is 2. The predicted octanol–water partition coefficient (Wildman–Crippen LogP) is 4.09. The first kappa shape index (κ1) is 25.5. The number of ether oxygens (including phenoxy) is 5. The molecule has 2 heterocycles. The van der Waals surface area contributed by atoms with Gasteiger partial charge < -0.3 is 23.7 Å². The van der Waals surface area contributed by atoms with Gasteiger partial charge in [0.1, 0.15) is 22.9 Å². The molecule has 0 bridgehead atoms. The van der Waals surface area contributed by atoms with E-state index in [1.807, 2.05) is 58.9 Å². The van der Waals surface area contributed by atoms with Crippen LogP contribution in [0, 0.1) is 0 Å². The van der Waals surface area contributed by atoms with Crippen LogP contribution in [-0.2, 0) is 30.3 Å². The van der Waals surface area contributed by atoms with Crippen molar-refractivity contribution in [2.45, 2.75) is 90.1 Å². The average molecular weight is 464 g/mol. The van der Waals surface area contributed by atoms with Gasteiger partial charge in [0.2, 0.25) is 0 Å². The summed E-state index contributed by atoms with van der Waals surface area (Å²) in [4.78, 5) is 27.0. The number of hydrogen-bond donors (Lipinski definition) is 0. The first-order valence-electron chi connectivity index (χ1n) is 11.5. The fourth-order valence-corrected chi connectivity index (χ4v) is 4.20. The normalized spacial score (nSPS) is 25.2. The van der Waals surface area contributed by atoms with Gasteiger partial charge in [-0.25, -0.2) is 4.79 Å². The van der Waals surface area contributed by atoms with Gasteiger partial charge in [0.15, 0.2) is 0 Å². The molecule has 1 aromatic rings. The average Bonchev–Trinajstić information content (AvgIpc) is 3.05. The zero-order valence-electron chi connectivity index (χ0n) is 20.6. The number of hydrogen-bond acceptors (Lipinski definition) is 7. The second-order valence-corrected chi connectivity index (χ2v) is 10.1. The molecular formula is C25H37NO7. The molecule has 1 aromatic carbocycles. The fraction of sp³-hybridized carbons (Fsp3) is 0.680. The SMILES string of the molecule is COc1ccc(COCC[C@H]2CC(=O)C[C@H]([C@@H]3COC(C)(C)N3C(=O)OC(C)(C)C)O2)cc1. The molecule has 0 N–H and O–H groups in total. The van der Waals surface area contributed by atoms with E-state index in [0.717, 1.165) is 11.3 Å². The number of benzene rings is 1. The second-order valence-electron chi connectivity index (χ2n) is 10.1. The Morgan fingerprint density at radius 2 is 1.88 bits per heavy atom. The summed E-state index contributed by atoms with van der Waals surface area (Å²) < 4.78 is 28.7. The molecule has 0 spiro atoms. The zero-order valence-corrected chi connectivity index (χ0v) is 20.6.